The van der Waals surface area contributed by atoms with Gasteiger partial charge in [0.2, 0.25) is 5.78 Å². The number of benzene rings is 1. The molecule has 0 amide bonds. The molecule has 4 rings (SSSR count). The van der Waals surface area contributed by atoms with Gasteiger partial charge in [0.1, 0.15) is 6.04 Å². The Hall–Kier alpha value is -2.07. The lowest BCUT2D eigenvalue weighted by Gasteiger charge is -2.15. The molecule has 78 valence electrons. The molecule has 4 heteroatoms. The minimum absolute atomic E-state index is 0.102. The monoisotopic (exact) mass is 211 g/mol. The Labute approximate surface area is 91.3 Å². The number of carbonyl (C=O) groups excluding carboxylic acids is 1. The molecule has 3 heterocycles. The summed E-state index contributed by atoms with van der Waals surface area (Å²) < 4.78 is 0. The molecule has 0 saturated heterocycles. The van der Waals surface area contributed by atoms with Gasteiger partial charge in [-0.25, -0.2) is 5.43 Å². The summed E-state index contributed by atoms with van der Waals surface area (Å²) in [6, 6.07) is 7.73. The molecule has 2 aliphatic rings. The fourth-order valence-electron chi connectivity index (χ4n) is 2.53. The summed E-state index contributed by atoms with van der Waals surface area (Å²) in [7, 11) is 0. The summed E-state index contributed by atoms with van der Waals surface area (Å²) in [4.78, 5) is 15.4. The van der Waals surface area contributed by atoms with Crippen LogP contribution in [0, 0.1) is 0 Å². The highest BCUT2D eigenvalue weighted by atomic mass is 16.1. The van der Waals surface area contributed by atoms with Crippen molar-refractivity contribution in [3.8, 4) is 0 Å². The van der Waals surface area contributed by atoms with Gasteiger partial charge in [-0.05, 0) is 0 Å². The third kappa shape index (κ3) is 0.773. The first-order valence-corrected chi connectivity index (χ1v) is 5.22. The number of H-pyrrole nitrogens is 1. The van der Waals surface area contributed by atoms with Gasteiger partial charge in [-0.2, -0.15) is 0 Å². The molecule has 1 unspecified atom stereocenters. The number of rotatable bonds is 0. The number of ketones is 1. The summed E-state index contributed by atoms with van der Waals surface area (Å²) in [5, 5.41) is 2.13. The summed E-state index contributed by atoms with van der Waals surface area (Å²) in [5.74, 6) is 0.102. The molecule has 1 aromatic heterocycles. The van der Waals surface area contributed by atoms with Gasteiger partial charge in [-0.3, -0.25) is 4.79 Å². The fourth-order valence-corrected chi connectivity index (χ4v) is 2.53. The molecular formula is C12H9N3O. The molecule has 4 nitrogen and oxygen atoms in total. The molecule has 16 heavy (non-hydrogen) atoms. The first-order chi connectivity index (χ1) is 7.86. The molecule has 2 aromatic rings. The second-order valence-corrected chi connectivity index (χ2v) is 4.11. The maximum Gasteiger partial charge on any atom is 0.202 e. The lowest BCUT2D eigenvalue weighted by molar-refractivity contribution is 0.0961. The highest BCUT2D eigenvalue weighted by Gasteiger charge is 2.36. The SMILES string of the molecule is O=C1c2[nH]c(c3ccccc23)C2=CNNC12. The molecule has 0 spiro atoms. The Morgan fingerprint density at radius 2 is 1.81 bits per heavy atom. The zero-order chi connectivity index (χ0) is 10.7. The molecule has 1 atom stereocenters. The van der Waals surface area contributed by atoms with Gasteiger partial charge in [0.15, 0.2) is 0 Å². The van der Waals surface area contributed by atoms with E-state index in [1.165, 1.54) is 0 Å². The van der Waals surface area contributed by atoms with E-state index in [0.717, 1.165) is 22.0 Å². The van der Waals surface area contributed by atoms with Gasteiger partial charge in [0.05, 0.1) is 11.4 Å². The van der Waals surface area contributed by atoms with Crippen LogP contribution in [0.4, 0.5) is 0 Å². The molecule has 0 aliphatic carbocycles. The molecule has 3 N–H and O–H groups in total. The Morgan fingerprint density at radius 1 is 1.06 bits per heavy atom. The maximum atomic E-state index is 12.2. The van der Waals surface area contributed by atoms with Crippen molar-refractivity contribution in [3.05, 3.63) is 41.9 Å². The number of carbonyl (C=O) groups is 1. The minimum atomic E-state index is -0.237. The minimum Gasteiger partial charge on any atom is -0.351 e. The van der Waals surface area contributed by atoms with Crippen molar-refractivity contribution in [2.45, 2.75) is 6.04 Å². The van der Waals surface area contributed by atoms with Gasteiger partial charge in [-0.15, -0.1) is 0 Å². The average molecular weight is 211 g/mol. The molecule has 0 radical (unpaired) electrons. The van der Waals surface area contributed by atoms with E-state index in [4.69, 9.17) is 0 Å². The number of hydrogen-bond donors (Lipinski definition) is 3. The van der Waals surface area contributed by atoms with E-state index in [2.05, 4.69) is 15.8 Å². The molecular weight excluding hydrogens is 202 g/mol. The lowest BCUT2D eigenvalue weighted by Crippen LogP contribution is -2.39. The van der Waals surface area contributed by atoms with Crippen LogP contribution in [0.2, 0.25) is 0 Å². The summed E-state index contributed by atoms with van der Waals surface area (Å²) in [6.45, 7) is 0. The number of fused-ring (bicyclic) bond motifs is 7. The predicted molar refractivity (Wildman–Crippen MR) is 60.7 cm³/mol. The molecule has 0 fully saturated rings. The first kappa shape index (κ1) is 8.13. The van der Waals surface area contributed by atoms with Gasteiger partial charge < -0.3 is 10.4 Å². The van der Waals surface area contributed by atoms with Crippen molar-refractivity contribution in [1.29, 1.82) is 0 Å². The van der Waals surface area contributed by atoms with Crippen molar-refractivity contribution >= 4 is 22.1 Å². The van der Waals surface area contributed by atoms with Crippen molar-refractivity contribution in [2.75, 3.05) is 0 Å². The predicted octanol–water partition coefficient (Wildman–Crippen LogP) is 1.18. The van der Waals surface area contributed by atoms with E-state index in [0.29, 0.717) is 5.69 Å². The maximum absolute atomic E-state index is 12.2. The largest absolute Gasteiger partial charge is 0.351 e. The van der Waals surface area contributed by atoms with E-state index in [1.54, 1.807) is 0 Å². The number of hydrogen-bond acceptors (Lipinski definition) is 3. The summed E-state index contributed by atoms with van der Waals surface area (Å²) in [6.07, 6.45) is 1.85. The summed E-state index contributed by atoms with van der Waals surface area (Å²) >= 11 is 0. The van der Waals surface area contributed by atoms with Crippen LogP contribution >= 0.6 is 0 Å². The van der Waals surface area contributed by atoms with E-state index >= 15 is 0 Å². The number of aromatic nitrogens is 1. The Balaban J connectivity index is 2.18. The normalized spacial score (nSPS) is 21.9. The van der Waals surface area contributed by atoms with Crippen LogP contribution in [0.25, 0.3) is 16.3 Å². The van der Waals surface area contributed by atoms with Gasteiger partial charge >= 0.3 is 0 Å². The number of nitrogens with one attached hydrogen (secondary N) is 3. The molecule has 2 bridgehead atoms. The Morgan fingerprint density at radius 3 is 2.62 bits per heavy atom. The first-order valence-electron chi connectivity index (χ1n) is 5.22. The third-order valence-electron chi connectivity index (χ3n) is 3.28. The van der Waals surface area contributed by atoms with Gasteiger partial charge in [0, 0.05) is 22.5 Å². The van der Waals surface area contributed by atoms with E-state index in [1.807, 2.05) is 30.5 Å². The Kier molecular flexibility index (Phi) is 1.29. The van der Waals surface area contributed by atoms with Crippen LogP contribution in [-0.2, 0) is 0 Å². The second-order valence-electron chi connectivity index (χ2n) is 4.11. The summed E-state index contributed by atoms with van der Waals surface area (Å²) in [5.41, 5.74) is 8.63. The van der Waals surface area contributed by atoms with Gasteiger partial charge in [0.25, 0.3) is 0 Å². The Bertz CT molecular complexity index is 653. The van der Waals surface area contributed by atoms with Crippen molar-refractivity contribution in [3.63, 3.8) is 0 Å². The average Bonchev–Trinajstić information content (AvgIpc) is 2.91. The van der Waals surface area contributed by atoms with E-state index in [9.17, 15) is 4.79 Å². The van der Waals surface area contributed by atoms with Gasteiger partial charge in [-0.1, -0.05) is 24.3 Å². The van der Waals surface area contributed by atoms with E-state index in [-0.39, 0.29) is 11.8 Å². The van der Waals surface area contributed by atoms with Crippen LogP contribution in [-0.4, -0.2) is 16.8 Å². The van der Waals surface area contributed by atoms with Crippen molar-refractivity contribution < 1.29 is 4.79 Å². The van der Waals surface area contributed by atoms with Crippen molar-refractivity contribution in [2.24, 2.45) is 0 Å². The zero-order valence-electron chi connectivity index (χ0n) is 8.37. The van der Waals surface area contributed by atoms with Crippen LogP contribution < -0.4 is 10.9 Å². The topological polar surface area (TPSA) is 56.9 Å². The third-order valence-corrected chi connectivity index (χ3v) is 3.28. The van der Waals surface area contributed by atoms with Crippen LogP contribution in [0.15, 0.2) is 30.5 Å². The van der Waals surface area contributed by atoms with Crippen molar-refractivity contribution in [1.82, 2.24) is 15.8 Å². The number of Topliss-reactive ketones (excluding diaryl/α,β-unsaturated/α-hetero) is 1. The highest BCUT2D eigenvalue weighted by molar-refractivity contribution is 6.20. The number of aromatic amines is 1. The highest BCUT2D eigenvalue weighted by Crippen LogP contribution is 2.36. The number of hydrazine groups is 1. The van der Waals surface area contributed by atoms with Crippen LogP contribution in [0.1, 0.15) is 16.2 Å². The van der Waals surface area contributed by atoms with Crippen LogP contribution in [0.3, 0.4) is 0 Å². The molecule has 0 saturated carbocycles. The van der Waals surface area contributed by atoms with E-state index < -0.39 is 0 Å². The van der Waals surface area contributed by atoms with Crippen LogP contribution in [0.5, 0.6) is 0 Å². The standard InChI is InChI=1S/C12H9N3O/c16-12-10-7-4-2-1-3-6(7)9(14-10)8-5-13-15-11(8)12/h1-5,11,13-15H. The molecule has 2 aliphatic heterocycles. The molecule has 1 aromatic carbocycles. The second kappa shape index (κ2) is 2.54. The lowest BCUT2D eigenvalue weighted by atomic mass is 10.00. The fraction of sp³-hybridized carbons (Fsp3) is 0.0833. The smallest absolute Gasteiger partial charge is 0.202 e. The zero-order valence-corrected chi connectivity index (χ0v) is 8.37. The quantitative estimate of drug-likeness (QED) is 0.613.